The Hall–Kier alpha value is -0.610. The molecule has 0 fully saturated rings. The number of carbonyl (C=O) groups is 1. The van der Waals surface area contributed by atoms with Gasteiger partial charge in [-0.05, 0) is 25.7 Å². The summed E-state index contributed by atoms with van der Waals surface area (Å²) in [4.78, 5) is 11.8. The summed E-state index contributed by atoms with van der Waals surface area (Å²) in [5, 5.41) is 6.27. The van der Waals surface area contributed by atoms with Crippen LogP contribution in [0.2, 0.25) is 0 Å². The molecule has 4 nitrogen and oxygen atoms in total. The molecule has 0 aliphatic rings. The van der Waals surface area contributed by atoms with Gasteiger partial charge in [-0.25, -0.2) is 0 Å². The maximum absolute atomic E-state index is 11.8. The quantitative estimate of drug-likeness (QED) is 0.605. The normalized spacial score (nSPS) is 14.7. The number of amides is 1. The molecule has 2 unspecified atom stereocenters. The van der Waals surface area contributed by atoms with Crippen LogP contribution in [0.3, 0.4) is 0 Å². The van der Waals surface area contributed by atoms with Crippen molar-refractivity contribution in [2.45, 2.75) is 52.6 Å². The number of carbonyl (C=O) groups excluding carboxylic acids is 1. The Labute approximate surface area is 105 Å². The van der Waals surface area contributed by atoms with Gasteiger partial charge in [0.25, 0.3) is 0 Å². The molecule has 1 amide bonds. The predicted octanol–water partition coefficient (Wildman–Crippen LogP) is 1.55. The zero-order chi connectivity index (χ0) is 13.3. The lowest BCUT2D eigenvalue weighted by Crippen LogP contribution is -2.48. The summed E-state index contributed by atoms with van der Waals surface area (Å²) >= 11 is 0. The number of hydrogen-bond donors (Lipinski definition) is 2. The number of nitrogens with one attached hydrogen (secondary N) is 2. The molecule has 0 aromatic carbocycles. The minimum absolute atomic E-state index is 0.0696. The van der Waals surface area contributed by atoms with Gasteiger partial charge in [0.1, 0.15) is 0 Å². The molecule has 17 heavy (non-hydrogen) atoms. The van der Waals surface area contributed by atoms with Gasteiger partial charge in [0.05, 0.1) is 6.04 Å². The van der Waals surface area contributed by atoms with Crippen LogP contribution < -0.4 is 10.6 Å². The highest BCUT2D eigenvalue weighted by molar-refractivity contribution is 5.81. The van der Waals surface area contributed by atoms with E-state index in [0.717, 1.165) is 12.8 Å². The fraction of sp³-hybridized carbons (Fsp3) is 0.923. The van der Waals surface area contributed by atoms with Crippen LogP contribution in [0, 0.1) is 5.92 Å². The number of ether oxygens (including phenoxy) is 1. The van der Waals surface area contributed by atoms with E-state index >= 15 is 0 Å². The van der Waals surface area contributed by atoms with Gasteiger partial charge in [-0.1, -0.05) is 20.8 Å². The van der Waals surface area contributed by atoms with Gasteiger partial charge in [-0.3, -0.25) is 4.79 Å². The largest absolute Gasteiger partial charge is 0.385 e. The van der Waals surface area contributed by atoms with Crippen molar-refractivity contribution in [1.29, 1.82) is 0 Å². The van der Waals surface area contributed by atoms with E-state index in [0.29, 0.717) is 25.1 Å². The molecule has 4 heteroatoms. The molecule has 102 valence electrons. The van der Waals surface area contributed by atoms with Gasteiger partial charge >= 0.3 is 0 Å². The van der Waals surface area contributed by atoms with Gasteiger partial charge < -0.3 is 15.4 Å². The molecule has 0 heterocycles. The van der Waals surface area contributed by atoms with Crippen molar-refractivity contribution in [1.82, 2.24) is 10.6 Å². The second-order valence-corrected chi connectivity index (χ2v) is 4.78. The van der Waals surface area contributed by atoms with E-state index in [4.69, 9.17) is 4.74 Å². The molecular formula is C13H28N2O2. The van der Waals surface area contributed by atoms with Crippen molar-refractivity contribution < 1.29 is 9.53 Å². The van der Waals surface area contributed by atoms with Crippen molar-refractivity contribution >= 4 is 5.91 Å². The first-order chi connectivity index (χ1) is 8.02. The van der Waals surface area contributed by atoms with Crippen molar-refractivity contribution in [2.24, 2.45) is 5.92 Å². The van der Waals surface area contributed by atoms with Crippen LogP contribution in [0.25, 0.3) is 0 Å². The fourth-order valence-corrected chi connectivity index (χ4v) is 1.76. The predicted molar refractivity (Wildman–Crippen MR) is 71.0 cm³/mol. The summed E-state index contributed by atoms with van der Waals surface area (Å²) in [5.41, 5.74) is 0. The van der Waals surface area contributed by atoms with Gasteiger partial charge in [-0.15, -0.1) is 0 Å². The van der Waals surface area contributed by atoms with Crippen LogP contribution in [-0.4, -0.2) is 38.3 Å². The number of rotatable bonds is 9. The molecule has 0 rings (SSSR count). The number of hydrogen-bond acceptors (Lipinski definition) is 3. The lowest BCUT2D eigenvalue weighted by atomic mass is 10.0. The fourth-order valence-electron chi connectivity index (χ4n) is 1.76. The van der Waals surface area contributed by atoms with Gasteiger partial charge in [-0.2, -0.15) is 0 Å². The second-order valence-electron chi connectivity index (χ2n) is 4.78. The molecule has 0 bridgehead atoms. The lowest BCUT2D eigenvalue weighted by molar-refractivity contribution is -0.123. The summed E-state index contributed by atoms with van der Waals surface area (Å²) in [6.07, 6.45) is 1.90. The van der Waals surface area contributed by atoms with Crippen LogP contribution in [-0.2, 0) is 9.53 Å². The van der Waals surface area contributed by atoms with E-state index in [-0.39, 0.29) is 11.9 Å². The maximum Gasteiger partial charge on any atom is 0.236 e. The summed E-state index contributed by atoms with van der Waals surface area (Å²) < 4.78 is 4.93. The standard InChI is InChI=1S/C13H28N2O2/c1-6-12(10(2)3)15-11(4)13(16)14-8-7-9-17-5/h10-12,15H,6-9H2,1-5H3,(H,14,16). The molecule has 0 radical (unpaired) electrons. The Bertz CT molecular complexity index is 208. The number of methoxy groups -OCH3 is 1. The Kier molecular flexibility index (Phi) is 9.09. The summed E-state index contributed by atoms with van der Waals surface area (Å²) in [5.74, 6) is 0.615. The SMILES string of the molecule is CCC(NC(C)C(=O)NCCCOC)C(C)C. The summed E-state index contributed by atoms with van der Waals surface area (Å²) in [6, 6.07) is 0.264. The molecule has 0 aromatic heterocycles. The smallest absolute Gasteiger partial charge is 0.236 e. The molecule has 0 aliphatic heterocycles. The Morgan fingerprint density at radius 1 is 1.29 bits per heavy atom. The van der Waals surface area contributed by atoms with Crippen LogP contribution >= 0.6 is 0 Å². The van der Waals surface area contributed by atoms with Crippen molar-refractivity contribution in [2.75, 3.05) is 20.3 Å². The third-order valence-electron chi connectivity index (χ3n) is 2.93. The summed E-state index contributed by atoms with van der Waals surface area (Å²) in [6.45, 7) is 9.76. The van der Waals surface area contributed by atoms with Crippen LogP contribution in [0.4, 0.5) is 0 Å². The molecule has 0 aliphatic carbocycles. The monoisotopic (exact) mass is 244 g/mol. The van der Waals surface area contributed by atoms with E-state index in [1.165, 1.54) is 0 Å². The topological polar surface area (TPSA) is 50.4 Å². The van der Waals surface area contributed by atoms with Gasteiger partial charge in [0.2, 0.25) is 5.91 Å². The van der Waals surface area contributed by atoms with E-state index in [2.05, 4.69) is 31.4 Å². The highest BCUT2D eigenvalue weighted by Crippen LogP contribution is 2.06. The first-order valence-electron chi connectivity index (χ1n) is 6.55. The van der Waals surface area contributed by atoms with E-state index in [1.807, 2.05) is 6.92 Å². The molecule has 0 saturated carbocycles. The highest BCUT2D eigenvalue weighted by atomic mass is 16.5. The Morgan fingerprint density at radius 3 is 2.41 bits per heavy atom. The zero-order valence-electron chi connectivity index (χ0n) is 11.9. The van der Waals surface area contributed by atoms with Crippen LogP contribution in [0.15, 0.2) is 0 Å². The Morgan fingerprint density at radius 2 is 1.94 bits per heavy atom. The summed E-state index contributed by atoms with van der Waals surface area (Å²) in [7, 11) is 1.67. The molecule has 2 atom stereocenters. The third kappa shape index (κ3) is 7.34. The van der Waals surface area contributed by atoms with E-state index in [1.54, 1.807) is 7.11 Å². The average molecular weight is 244 g/mol. The zero-order valence-corrected chi connectivity index (χ0v) is 11.9. The van der Waals surface area contributed by atoms with Crippen LogP contribution in [0.1, 0.15) is 40.5 Å². The van der Waals surface area contributed by atoms with E-state index < -0.39 is 0 Å². The Balaban J connectivity index is 3.87. The average Bonchev–Trinajstić information content (AvgIpc) is 2.30. The molecule has 0 aromatic rings. The highest BCUT2D eigenvalue weighted by Gasteiger charge is 2.18. The first-order valence-corrected chi connectivity index (χ1v) is 6.55. The third-order valence-corrected chi connectivity index (χ3v) is 2.93. The molecule has 2 N–H and O–H groups in total. The second kappa shape index (κ2) is 9.42. The first kappa shape index (κ1) is 16.4. The van der Waals surface area contributed by atoms with Crippen molar-refractivity contribution in [3.8, 4) is 0 Å². The van der Waals surface area contributed by atoms with E-state index in [9.17, 15) is 4.79 Å². The van der Waals surface area contributed by atoms with Crippen LogP contribution in [0.5, 0.6) is 0 Å². The maximum atomic E-state index is 11.8. The van der Waals surface area contributed by atoms with Gasteiger partial charge in [0, 0.05) is 26.3 Å². The molecular weight excluding hydrogens is 216 g/mol. The van der Waals surface area contributed by atoms with Crippen molar-refractivity contribution in [3.05, 3.63) is 0 Å². The minimum atomic E-state index is -0.134. The van der Waals surface area contributed by atoms with Gasteiger partial charge in [0.15, 0.2) is 0 Å². The minimum Gasteiger partial charge on any atom is -0.385 e. The molecule has 0 saturated heterocycles. The lowest BCUT2D eigenvalue weighted by Gasteiger charge is -2.24. The molecule has 0 spiro atoms. The van der Waals surface area contributed by atoms with Crippen molar-refractivity contribution in [3.63, 3.8) is 0 Å².